The molecule has 0 saturated carbocycles. The monoisotopic (exact) mass is 535 g/mol. The predicted octanol–water partition coefficient (Wildman–Crippen LogP) is 3.78. The first-order valence-corrected chi connectivity index (χ1v) is 12.8. The van der Waals surface area contributed by atoms with Crippen LogP contribution in [0.15, 0.2) is 35.5 Å². The van der Waals surface area contributed by atoms with Crippen LogP contribution in [0.4, 0.5) is 17.6 Å². The molecule has 0 aliphatic carbocycles. The van der Waals surface area contributed by atoms with Crippen LogP contribution in [0.1, 0.15) is 41.7 Å². The number of hydrogen-bond acceptors (Lipinski definition) is 5. The molecule has 0 radical (unpaired) electrons. The number of rotatable bonds is 7. The van der Waals surface area contributed by atoms with Crippen LogP contribution in [-0.4, -0.2) is 55.4 Å². The molecule has 1 N–H and O–H groups in total. The van der Waals surface area contributed by atoms with E-state index in [1.165, 1.54) is 0 Å². The third-order valence-electron chi connectivity index (χ3n) is 5.84. The highest BCUT2D eigenvalue weighted by atomic mass is 35.5. The molecule has 2 amide bonds. The Bertz CT molecular complexity index is 1250. The molecule has 0 spiro atoms. The highest BCUT2D eigenvalue weighted by Crippen LogP contribution is 2.31. The number of likely N-dealkylation sites (tertiary alicyclic amines) is 1. The van der Waals surface area contributed by atoms with E-state index in [9.17, 15) is 35.6 Å². The summed E-state index contributed by atoms with van der Waals surface area (Å²) in [6.45, 7) is 1.94. The van der Waals surface area contributed by atoms with Crippen molar-refractivity contribution in [2.75, 3.05) is 12.8 Å². The number of sulfone groups is 1. The Morgan fingerprint density at radius 3 is 2.49 bits per heavy atom. The van der Waals surface area contributed by atoms with Crippen molar-refractivity contribution >= 4 is 33.3 Å². The second-order valence-corrected chi connectivity index (χ2v) is 10.7. The third kappa shape index (κ3) is 5.92. The molecule has 3 rings (SSSR count). The zero-order chi connectivity index (χ0) is 26.1. The number of carbonyl (C=O) groups is 2. The van der Waals surface area contributed by atoms with E-state index in [4.69, 9.17) is 11.6 Å². The van der Waals surface area contributed by atoms with Gasteiger partial charge in [-0.05, 0) is 30.5 Å². The van der Waals surface area contributed by atoms with Crippen molar-refractivity contribution in [3.8, 4) is 0 Å². The summed E-state index contributed by atoms with van der Waals surface area (Å²) >= 11 is 5.49. The minimum absolute atomic E-state index is 0.0984. The Kier molecular flexibility index (Phi) is 8.05. The van der Waals surface area contributed by atoms with Crippen LogP contribution < -0.4 is 5.32 Å². The molecular formula is C22H22ClF4N3O4S. The molecule has 0 bridgehead atoms. The lowest BCUT2D eigenvalue weighted by molar-refractivity contribution is -0.127. The summed E-state index contributed by atoms with van der Waals surface area (Å²) in [7, 11) is -3.67. The van der Waals surface area contributed by atoms with E-state index in [1.807, 2.05) is 12.2 Å². The molecule has 1 unspecified atom stereocenters. The van der Waals surface area contributed by atoms with Crippen LogP contribution in [0.5, 0.6) is 0 Å². The number of pyridine rings is 1. The number of benzene rings is 1. The van der Waals surface area contributed by atoms with Gasteiger partial charge in [-0.15, -0.1) is 0 Å². The molecule has 1 aromatic heterocycles. The van der Waals surface area contributed by atoms with Gasteiger partial charge in [-0.2, -0.15) is 0 Å². The Morgan fingerprint density at radius 1 is 1.20 bits per heavy atom. The summed E-state index contributed by atoms with van der Waals surface area (Å²) < 4.78 is 79.3. The third-order valence-corrected chi connectivity index (χ3v) is 7.21. The molecule has 190 valence electrons. The molecule has 35 heavy (non-hydrogen) atoms. The van der Waals surface area contributed by atoms with Gasteiger partial charge in [-0.25, -0.2) is 26.0 Å². The molecule has 2 aromatic rings. The molecule has 1 aliphatic heterocycles. The topological polar surface area (TPSA) is 96.4 Å². The average Bonchev–Trinajstić information content (AvgIpc) is 3.23. The van der Waals surface area contributed by atoms with Gasteiger partial charge in [0.15, 0.2) is 9.84 Å². The Hall–Kier alpha value is -2.73. The largest absolute Gasteiger partial charge is 0.342 e. The van der Waals surface area contributed by atoms with Gasteiger partial charge in [0.25, 0.3) is 12.3 Å². The fraction of sp³-hybridized carbons (Fsp3) is 0.409. The summed E-state index contributed by atoms with van der Waals surface area (Å²) in [4.78, 5) is 30.9. The van der Waals surface area contributed by atoms with Gasteiger partial charge in [0.05, 0.1) is 15.5 Å². The van der Waals surface area contributed by atoms with E-state index in [0.29, 0.717) is 18.6 Å². The van der Waals surface area contributed by atoms with Gasteiger partial charge in [-0.1, -0.05) is 24.9 Å². The van der Waals surface area contributed by atoms with Gasteiger partial charge >= 0.3 is 0 Å². The summed E-state index contributed by atoms with van der Waals surface area (Å²) in [5, 5.41) is 1.43. The van der Waals surface area contributed by atoms with Crippen LogP contribution in [0.2, 0.25) is 5.02 Å². The highest BCUT2D eigenvalue weighted by molar-refractivity contribution is 7.90. The van der Waals surface area contributed by atoms with Crippen molar-refractivity contribution in [2.24, 2.45) is 5.92 Å². The predicted molar refractivity (Wildman–Crippen MR) is 119 cm³/mol. The standard InChI is InChI=1S/C22H22ClF4N3O4S/c1-3-11-4-18(30(10-11)22(32)12-5-13(9-28-8-12)35(2,33)34)21(31)29-19(20(26)27)14-6-17(25)15(23)7-16(14)24/h5-9,11,18-20H,3-4,10H2,1-2H3,(H,29,31)/t11-,18-,19?/m1/s1. The molecule has 1 saturated heterocycles. The van der Waals surface area contributed by atoms with Crippen molar-refractivity contribution in [3.63, 3.8) is 0 Å². The zero-order valence-electron chi connectivity index (χ0n) is 18.6. The van der Waals surface area contributed by atoms with Gasteiger partial charge in [0.2, 0.25) is 5.91 Å². The maximum absolute atomic E-state index is 14.3. The highest BCUT2D eigenvalue weighted by Gasteiger charge is 2.41. The maximum Gasteiger partial charge on any atom is 0.262 e. The molecule has 1 aliphatic rings. The first-order chi connectivity index (χ1) is 16.3. The molecule has 1 aromatic carbocycles. The number of nitrogens with zero attached hydrogens (tertiary/aromatic N) is 2. The van der Waals surface area contributed by atoms with Crippen LogP contribution in [0.25, 0.3) is 0 Å². The summed E-state index contributed by atoms with van der Waals surface area (Å²) in [6, 6.07) is -1.25. The number of alkyl halides is 2. The number of carbonyl (C=O) groups excluding carboxylic acids is 2. The van der Waals surface area contributed by atoms with E-state index in [2.05, 4.69) is 4.98 Å². The van der Waals surface area contributed by atoms with Crippen LogP contribution in [-0.2, 0) is 14.6 Å². The molecule has 3 atom stereocenters. The van der Waals surface area contributed by atoms with E-state index in [0.717, 1.165) is 29.6 Å². The quantitative estimate of drug-likeness (QED) is 0.430. The Morgan fingerprint density at radius 2 is 1.89 bits per heavy atom. The van der Waals surface area contributed by atoms with Crippen molar-refractivity contribution in [1.29, 1.82) is 0 Å². The maximum atomic E-state index is 14.3. The summed E-state index contributed by atoms with van der Waals surface area (Å²) in [5.41, 5.74) is -0.887. The second-order valence-electron chi connectivity index (χ2n) is 8.27. The lowest BCUT2D eigenvalue weighted by Gasteiger charge is -2.27. The minimum Gasteiger partial charge on any atom is -0.342 e. The van der Waals surface area contributed by atoms with Crippen LogP contribution >= 0.6 is 11.6 Å². The lowest BCUT2D eigenvalue weighted by atomic mass is 10.0. The second kappa shape index (κ2) is 10.5. The Labute approximate surface area is 204 Å². The number of hydrogen-bond donors (Lipinski definition) is 1. The van der Waals surface area contributed by atoms with E-state index in [1.54, 1.807) is 0 Å². The Balaban J connectivity index is 1.90. The van der Waals surface area contributed by atoms with Crippen molar-refractivity contribution < 1.29 is 35.6 Å². The smallest absolute Gasteiger partial charge is 0.262 e. The number of aromatic nitrogens is 1. The van der Waals surface area contributed by atoms with Crippen molar-refractivity contribution in [1.82, 2.24) is 15.2 Å². The van der Waals surface area contributed by atoms with Gasteiger partial charge < -0.3 is 10.2 Å². The van der Waals surface area contributed by atoms with Crippen LogP contribution in [0.3, 0.4) is 0 Å². The molecular weight excluding hydrogens is 514 g/mol. The minimum atomic E-state index is -3.67. The normalized spacial score (nSPS) is 19.1. The first-order valence-electron chi connectivity index (χ1n) is 10.5. The lowest BCUT2D eigenvalue weighted by Crippen LogP contribution is -2.48. The van der Waals surface area contributed by atoms with E-state index < -0.39 is 62.4 Å². The van der Waals surface area contributed by atoms with Crippen LogP contribution in [0, 0.1) is 17.6 Å². The van der Waals surface area contributed by atoms with E-state index in [-0.39, 0.29) is 29.3 Å². The average molecular weight is 536 g/mol. The summed E-state index contributed by atoms with van der Waals surface area (Å²) in [6.07, 6.45) is 0.574. The molecule has 13 heteroatoms. The number of nitrogens with one attached hydrogen (secondary N) is 1. The van der Waals surface area contributed by atoms with Crippen molar-refractivity contribution in [2.45, 2.75) is 43.2 Å². The number of halogens is 5. The zero-order valence-corrected chi connectivity index (χ0v) is 20.2. The van der Waals surface area contributed by atoms with E-state index >= 15 is 0 Å². The first kappa shape index (κ1) is 26.9. The fourth-order valence-corrected chi connectivity index (χ4v) is 4.64. The van der Waals surface area contributed by atoms with Gasteiger partial charge in [-0.3, -0.25) is 14.6 Å². The molecule has 7 nitrogen and oxygen atoms in total. The SMILES string of the molecule is CC[C@@H]1C[C@H](C(=O)NC(c2cc(F)c(Cl)cc2F)C(F)F)N(C(=O)c2cncc(S(C)(=O)=O)c2)C1. The molecule has 1 fully saturated rings. The van der Waals surface area contributed by atoms with Crippen molar-refractivity contribution in [3.05, 3.63) is 58.4 Å². The molecule has 2 heterocycles. The number of amides is 2. The fourth-order valence-electron chi connectivity index (χ4n) is 3.90. The van der Waals surface area contributed by atoms with Gasteiger partial charge in [0.1, 0.15) is 23.7 Å². The van der Waals surface area contributed by atoms with Gasteiger partial charge in [0, 0.05) is 30.8 Å². The summed E-state index contributed by atoms with van der Waals surface area (Å²) in [5.74, 6) is -4.20.